The number of carboxylic acids is 1. The first-order valence-corrected chi connectivity index (χ1v) is 12.3. The fraction of sp³-hybridized carbons (Fsp3) is 0.276. The van der Waals surface area contributed by atoms with E-state index in [0.717, 1.165) is 36.5 Å². The molecular weight excluding hydrogens is 452 g/mol. The van der Waals surface area contributed by atoms with E-state index in [1.54, 1.807) is 18.2 Å². The number of aryl methyl sites for hydroxylation is 1. The Hall–Kier alpha value is -4.13. The molecule has 0 unspecified atom stereocenters. The van der Waals surface area contributed by atoms with Crippen molar-refractivity contribution < 1.29 is 9.90 Å². The number of anilines is 2. The van der Waals surface area contributed by atoms with Gasteiger partial charge in [-0.15, -0.1) is 0 Å². The molecule has 2 N–H and O–H groups in total. The number of carboxylic acid groups (broad SMARTS) is 1. The Balaban J connectivity index is 1.41. The van der Waals surface area contributed by atoms with E-state index in [1.807, 2.05) is 54.8 Å². The van der Waals surface area contributed by atoms with E-state index in [9.17, 15) is 14.7 Å². The van der Waals surface area contributed by atoms with Gasteiger partial charge in [0.05, 0.1) is 27.9 Å². The highest BCUT2D eigenvalue weighted by Gasteiger charge is 2.50. The van der Waals surface area contributed by atoms with E-state index in [4.69, 9.17) is 4.98 Å². The van der Waals surface area contributed by atoms with Crippen molar-refractivity contribution in [2.45, 2.75) is 38.3 Å². The molecule has 7 heteroatoms. The van der Waals surface area contributed by atoms with Crippen molar-refractivity contribution in [3.63, 3.8) is 0 Å². The quantitative estimate of drug-likeness (QED) is 0.429. The van der Waals surface area contributed by atoms with E-state index in [2.05, 4.69) is 22.3 Å². The number of benzene rings is 3. The molecule has 1 saturated heterocycles. The molecule has 3 aromatic carbocycles. The van der Waals surface area contributed by atoms with Crippen LogP contribution >= 0.6 is 0 Å². The van der Waals surface area contributed by atoms with Gasteiger partial charge in [-0.2, -0.15) is 0 Å². The molecule has 36 heavy (non-hydrogen) atoms. The summed E-state index contributed by atoms with van der Waals surface area (Å²) in [5, 5.41) is 13.6. The number of nitrogens with zero attached hydrogens (tertiary/aromatic N) is 3. The Morgan fingerprint density at radius 1 is 1.08 bits per heavy atom. The molecule has 7 nitrogen and oxygen atoms in total. The second-order valence-electron chi connectivity index (χ2n) is 10.1. The summed E-state index contributed by atoms with van der Waals surface area (Å²) >= 11 is 0. The van der Waals surface area contributed by atoms with E-state index in [0.29, 0.717) is 23.1 Å². The number of para-hydroxylation sites is 2. The predicted octanol–water partition coefficient (Wildman–Crippen LogP) is 4.74. The fourth-order valence-corrected chi connectivity index (χ4v) is 5.79. The van der Waals surface area contributed by atoms with Crippen LogP contribution in [0.4, 0.5) is 11.4 Å². The standard InChI is InChI=1S/C29H28N4O3/c1-18-14-22(19(2)30-24-11-7-6-10-21(24)27(35)36)25-23(15-18)26(34)33-13-12-29(28(33)31-25)16-32(17-29)20-8-4-3-5-9-20/h3-11,14-15,19,30H,12-13,16-17H2,1-2H3,(H,35,36)/t19-/m1/s1. The first kappa shape index (κ1) is 22.3. The van der Waals surface area contributed by atoms with Crippen LogP contribution in [0.3, 0.4) is 0 Å². The molecule has 0 aliphatic carbocycles. The first-order chi connectivity index (χ1) is 17.4. The van der Waals surface area contributed by atoms with Gasteiger partial charge < -0.3 is 15.3 Å². The van der Waals surface area contributed by atoms with E-state index in [-0.39, 0.29) is 22.6 Å². The summed E-state index contributed by atoms with van der Waals surface area (Å²) in [5.74, 6) is -0.112. The minimum absolute atomic E-state index is 0.00752. The van der Waals surface area contributed by atoms with Gasteiger partial charge in [0, 0.05) is 36.6 Å². The van der Waals surface area contributed by atoms with E-state index in [1.165, 1.54) is 5.69 Å². The van der Waals surface area contributed by atoms with Crippen LogP contribution in [0.1, 0.15) is 46.7 Å². The molecule has 1 spiro atoms. The van der Waals surface area contributed by atoms with Gasteiger partial charge in [0.2, 0.25) is 0 Å². The van der Waals surface area contributed by atoms with Gasteiger partial charge in [0.15, 0.2) is 0 Å². The van der Waals surface area contributed by atoms with Crippen LogP contribution in [0.25, 0.3) is 10.9 Å². The number of aromatic carboxylic acids is 1. The minimum Gasteiger partial charge on any atom is -0.478 e. The second kappa shape index (κ2) is 8.22. The highest BCUT2D eigenvalue weighted by molar-refractivity contribution is 5.94. The highest BCUT2D eigenvalue weighted by atomic mass is 16.4. The van der Waals surface area contributed by atoms with Crippen LogP contribution in [0.15, 0.2) is 71.5 Å². The molecule has 0 radical (unpaired) electrons. The zero-order chi connectivity index (χ0) is 25.0. The third kappa shape index (κ3) is 3.46. The SMILES string of the molecule is Cc1cc([C@@H](C)Nc2ccccc2C(=O)O)c2nc3n(c(=O)c2c1)CCC31CN(c2ccccc2)C1. The average molecular weight is 481 g/mol. The number of rotatable bonds is 5. The van der Waals surface area contributed by atoms with Gasteiger partial charge in [-0.1, -0.05) is 36.4 Å². The second-order valence-corrected chi connectivity index (χ2v) is 10.1. The molecule has 0 amide bonds. The van der Waals surface area contributed by atoms with E-state index < -0.39 is 5.97 Å². The van der Waals surface area contributed by atoms with Crippen molar-refractivity contribution in [1.29, 1.82) is 0 Å². The lowest BCUT2D eigenvalue weighted by Crippen LogP contribution is -2.59. The van der Waals surface area contributed by atoms with Crippen LogP contribution in [0.2, 0.25) is 0 Å². The van der Waals surface area contributed by atoms with Crippen LogP contribution in [-0.2, 0) is 12.0 Å². The summed E-state index contributed by atoms with van der Waals surface area (Å²) < 4.78 is 1.87. The lowest BCUT2D eigenvalue weighted by atomic mass is 9.77. The van der Waals surface area contributed by atoms with Gasteiger partial charge in [-0.25, -0.2) is 9.78 Å². The van der Waals surface area contributed by atoms with Gasteiger partial charge in [-0.05, 0) is 56.2 Å². The average Bonchev–Trinajstić information content (AvgIpc) is 3.24. The molecule has 0 bridgehead atoms. The Morgan fingerprint density at radius 3 is 2.56 bits per heavy atom. The maximum Gasteiger partial charge on any atom is 0.337 e. The third-order valence-electron chi connectivity index (χ3n) is 7.63. The third-order valence-corrected chi connectivity index (χ3v) is 7.63. The molecule has 2 aliphatic rings. The summed E-state index contributed by atoms with van der Waals surface area (Å²) in [6, 6.07) is 20.9. The van der Waals surface area contributed by atoms with Crippen molar-refractivity contribution in [2.24, 2.45) is 0 Å². The first-order valence-electron chi connectivity index (χ1n) is 12.3. The van der Waals surface area contributed by atoms with Gasteiger partial charge in [0.25, 0.3) is 5.56 Å². The Labute approximate surface area is 209 Å². The van der Waals surface area contributed by atoms with Crippen LogP contribution < -0.4 is 15.8 Å². The summed E-state index contributed by atoms with van der Waals surface area (Å²) in [4.78, 5) is 32.9. The molecule has 1 fully saturated rings. The summed E-state index contributed by atoms with van der Waals surface area (Å²) in [5.41, 5.74) is 4.39. The fourth-order valence-electron chi connectivity index (χ4n) is 5.79. The minimum atomic E-state index is -0.983. The van der Waals surface area contributed by atoms with Gasteiger partial charge >= 0.3 is 5.97 Å². The molecule has 0 saturated carbocycles. The maximum atomic E-state index is 13.6. The van der Waals surface area contributed by atoms with Crippen molar-refractivity contribution in [3.8, 4) is 0 Å². The number of aromatic nitrogens is 2. The largest absolute Gasteiger partial charge is 0.478 e. The van der Waals surface area contributed by atoms with Gasteiger partial charge in [0.1, 0.15) is 5.82 Å². The number of fused-ring (bicyclic) bond motifs is 3. The van der Waals surface area contributed by atoms with Crippen LogP contribution in [0.5, 0.6) is 0 Å². The number of hydrogen-bond acceptors (Lipinski definition) is 5. The summed E-state index contributed by atoms with van der Waals surface area (Å²) in [7, 11) is 0. The molecule has 6 rings (SSSR count). The van der Waals surface area contributed by atoms with E-state index >= 15 is 0 Å². The predicted molar refractivity (Wildman–Crippen MR) is 141 cm³/mol. The van der Waals surface area contributed by atoms with Crippen molar-refractivity contribution >= 4 is 28.2 Å². The molecule has 1 aromatic heterocycles. The van der Waals surface area contributed by atoms with Crippen molar-refractivity contribution in [2.75, 3.05) is 23.3 Å². The van der Waals surface area contributed by atoms with Crippen LogP contribution in [0, 0.1) is 6.92 Å². The van der Waals surface area contributed by atoms with Crippen molar-refractivity contribution in [1.82, 2.24) is 9.55 Å². The Bertz CT molecular complexity index is 1550. The number of nitrogens with one attached hydrogen (secondary N) is 1. The lowest BCUT2D eigenvalue weighted by Gasteiger charge is -2.48. The zero-order valence-corrected chi connectivity index (χ0v) is 20.4. The molecular formula is C29H28N4O3. The molecule has 1 atom stereocenters. The molecule has 3 heterocycles. The molecule has 4 aromatic rings. The summed E-state index contributed by atoms with van der Waals surface area (Å²) in [6.07, 6.45) is 0.906. The smallest absolute Gasteiger partial charge is 0.337 e. The zero-order valence-electron chi connectivity index (χ0n) is 20.4. The molecule has 2 aliphatic heterocycles. The number of carbonyl (C=O) groups is 1. The Kier molecular flexibility index (Phi) is 5.10. The lowest BCUT2D eigenvalue weighted by molar-refractivity contribution is 0.0698. The monoisotopic (exact) mass is 480 g/mol. The van der Waals surface area contributed by atoms with Gasteiger partial charge in [-0.3, -0.25) is 9.36 Å². The molecule has 182 valence electrons. The highest BCUT2D eigenvalue weighted by Crippen LogP contribution is 2.43. The summed E-state index contributed by atoms with van der Waals surface area (Å²) in [6.45, 7) is 6.33. The normalized spacial score (nSPS) is 16.6. The van der Waals surface area contributed by atoms with Crippen molar-refractivity contribution in [3.05, 3.63) is 99.6 Å². The number of hydrogen-bond donors (Lipinski definition) is 2. The topological polar surface area (TPSA) is 87.5 Å². The van der Waals surface area contributed by atoms with Crippen LogP contribution in [-0.4, -0.2) is 33.7 Å². The maximum absolute atomic E-state index is 13.6. The Morgan fingerprint density at radius 2 is 1.81 bits per heavy atom.